The van der Waals surface area contributed by atoms with E-state index in [2.05, 4.69) is 12.2 Å². The molecule has 1 aromatic carbocycles. The van der Waals surface area contributed by atoms with Gasteiger partial charge in [-0.15, -0.1) is 0 Å². The summed E-state index contributed by atoms with van der Waals surface area (Å²) < 4.78 is 0. The smallest absolute Gasteiger partial charge is 0.270 e. The maximum atomic E-state index is 10.6. The van der Waals surface area contributed by atoms with Crippen LogP contribution in [0.3, 0.4) is 0 Å². The van der Waals surface area contributed by atoms with Crippen molar-refractivity contribution in [3.05, 3.63) is 38.9 Å². The number of hydrogen-bond donors (Lipinski definition) is 1. The van der Waals surface area contributed by atoms with Crippen LogP contribution in [0.2, 0.25) is 5.02 Å². The van der Waals surface area contributed by atoms with Crippen molar-refractivity contribution < 1.29 is 4.92 Å². The van der Waals surface area contributed by atoms with Crippen LogP contribution in [0.15, 0.2) is 18.2 Å². The number of aryl methyl sites for hydroxylation is 1. The lowest BCUT2D eigenvalue weighted by molar-refractivity contribution is -0.384. The fraction of sp³-hybridized carbons (Fsp3) is 0.500. The predicted octanol–water partition coefficient (Wildman–Crippen LogP) is 3.18. The van der Waals surface area contributed by atoms with Crippen LogP contribution < -0.4 is 5.32 Å². The van der Waals surface area contributed by atoms with Gasteiger partial charge >= 0.3 is 0 Å². The molecular formula is C12H17ClN2O2. The van der Waals surface area contributed by atoms with E-state index >= 15 is 0 Å². The van der Waals surface area contributed by atoms with E-state index in [1.54, 1.807) is 6.07 Å². The Labute approximate surface area is 106 Å². The van der Waals surface area contributed by atoms with Gasteiger partial charge in [-0.3, -0.25) is 10.1 Å². The van der Waals surface area contributed by atoms with Crippen LogP contribution in [-0.4, -0.2) is 18.0 Å². The van der Waals surface area contributed by atoms with E-state index in [1.807, 2.05) is 7.05 Å². The summed E-state index contributed by atoms with van der Waals surface area (Å²) in [7, 11) is 1.94. The molecule has 17 heavy (non-hydrogen) atoms. The summed E-state index contributed by atoms with van der Waals surface area (Å²) in [5.74, 6) is 0. The molecule has 0 heterocycles. The molecule has 94 valence electrons. The van der Waals surface area contributed by atoms with Gasteiger partial charge in [0.1, 0.15) is 0 Å². The predicted molar refractivity (Wildman–Crippen MR) is 69.6 cm³/mol. The van der Waals surface area contributed by atoms with Gasteiger partial charge in [0.05, 0.1) is 9.95 Å². The summed E-state index contributed by atoms with van der Waals surface area (Å²) in [5.41, 5.74) is 1.00. The molecule has 0 saturated carbocycles. The van der Waals surface area contributed by atoms with E-state index in [4.69, 9.17) is 11.6 Å². The van der Waals surface area contributed by atoms with Gasteiger partial charge in [0.15, 0.2) is 0 Å². The van der Waals surface area contributed by atoms with E-state index in [0.29, 0.717) is 11.1 Å². The molecule has 1 N–H and O–H groups in total. The Morgan fingerprint density at radius 1 is 1.53 bits per heavy atom. The molecule has 4 nitrogen and oxygen atoms in total. The van der Waals surface area contributed by atoms with Crippen LogP contribution in [0.5, 0.6) is 0 Å². The minimum atomic E-state index is -0.432. The number of nitrogens with one attached hydrogen (secondary N) is 1. The normalized spacial score (nSPS) is 12.4. The largest absolute Gasteiger partial charge is 0.317 e. The molecule has 0 aliphatic rings. The Balaban J connectivity index is 2.69. The zero-order valence-corrected chi connectivity index (χ0v) is 10.8. The van der Waals surface area contributed by atoms with E-state index < -0.39 is 4.92 Å². The van der Waals surface area contributed by atoms with Crippen molar-refractivity contribution in [2.45, 2.75) is 32.2 Å². The van der Waals surface area contributed by atoms with E-state index in [0.717, 1.165) is 24.8 Å². The lowest BCUT2D eigenvalue weighted by Crippen LogP contribution is -2.24. The van der Waals surface area contributed by atoms with Crippen LogP contribution in [-0.2, 0) is 6.42 Å². The van der Waals surface area contributed by atoms with Crippen molar-refractivity contribution in [3.8, 4) is 0 Å². The SMILES string of the molecule is CCC(CCc1ccc([N+](=O)[O-])cc1Cl)NC. The summed E-state index contributed by atoms with van der Waals surface area (Å²) in [6.45, 7) is 2.12. The Bertz CT molecular complexity index is 392. The fourth-order valence-corrected chi connectivity index (χ4v) is 2.00. The summed E-state index contributed by atoms with van der Waals surface area (Å²) in [6, 6.07) is 5.11. The van der Waals surface area contributed by atoms with Crippen molar-refractivity contribution in [3.63, 3.8) is 0 Å². The molecule has 0 fully saturated rings. The molecule has 5 heteroatoms. The quantitative estimate of drug-likeness (QED) is 0.628. The summed E-state index contributed by atoms with van der Waals surface area (Å²) in [5, 5.41) is 14.3. The van der Waals surface area contributed by atoms with Crippen LogP contribution in [0.25, 0.3) is 0 Å². The number of nitro benzene ring substituents is 1. The van der Waals surface area contributed by atoms with Crippen molar-refractivity contribution in [2.75, 3.05) is 7.05 Å². The summed E-state index contributed by atoms with van der Waals surface area (Å²) in [6.07, 6.45) is 2.86. The number of non-ortho nitro benzene ring substituents is 1. The highest BCUT2D eigenvalue weighted by Crippen LogP contribution is 2.23. The lowest BCUT2D eigenvalue weighted by Gasteiger charge is -2.13. The third kappa shape index (κ3) is 3.98. The summed E-state index contributed by atoms with van der Waals surface area (Å²) in [4.78, 5) is 10.1. The van der Waals surface area contributed by atoms with Crippen molar-refractivity contribution >= 4 is 17.3 Å². The molecule has 0 aliphatic heterocycles. The van der Waals surface area contributed by atoms with Gasteiger partial charge < -0.3 is 5.32 Å². The van der Waals surface area contributed by atoms with Crippen LogP contribution in [0, 0.1) is 10.1 Å². The lowest BCUT2D eigenvalue weighted by atomic mass is 10.0. The van der Waals surface area contributed by atoms with Crippen LogP contribution in [0.1, 0.15) is 25.3 Å². The zero-order valence-electron chi connectivity index (χ0n) is 10.1. The first-order chi connectivity index (χ1) is 8.08. The molecular weight excluding hydrogens is 240 g/mol. The average molecular weight is 257 g/mol. The highest BCUT2D eigenvalue weighted by atomic mass is 35.5. The number of halogens is 1. The maximum Gasteiger partial charge on any atom is 0.270 e. The Morgan fingerprint density at radius 2 is 2.24 bits per heavy atom. The monoisotopic (exact) mass is 256 g/mol. The van der Waals surface area contributed by atoms with Crippen molar-refractivity contribution in [2.24, 2.45) is 0 Å². The number of nitro groups is 1. The maximum absolute atomic E-state index is 10.6. The highest BCUT2D eigenvalue weighted by Gasteiger charge is 2.10. The first-order valence-electron chi connectivity index (χ1n) is 5.68. The second kappa shape index (κ2) is 6.57. The highest BCUT2D eigenvalue weighted by molar-refractivity contribution is 6.31. The molecule has 0 radical (unpaired) electrons. The Morgan fingerprint density at radius 3 is 2.71 bits per heavy atom. The fourth-order valence-electron chi connectivity index (χ4n) is 1.73. The first kappa shape index (κ1) is 13.9. The number of hydrogen-bond acceptors (Lipinski definition) is 3. The van der Waals surface area contributed by atoms with E-state index in [9.17, 15) is 10.1 Å². The van der Waals surface area contributed by atoms with Crippen LogP contribution >= 0.6 is 11.6 Å². The molecule has 1 aromatic rings. The van der Waals surface area contributed by atoms with Gasteiger partial charge in [-0.05, 0) is 31.9 Å². The third-order valence-electron chi connectivity index (χ3n) is 2.91. The second-order valence-corrected chi connectivity index (χ2v) is 4.37. The van der Waals surface area contributed by atoms with Crippen molar-refractivity contribution in [1.82, 2.24) is 5.32 Å². The minimum Gasteiger partial charge on any atom is -0.317 e. The number of rotatable bonds is 6. The van der Waals surface area contributed by atoms with Gasteiger partial charge in [0.2, 0.25) is 0 Å². The van der Waals surface area contributed by atoms with Gasteiger partial charge in [0, 0.05) is 18.2 Å². The standard InChI is InChI=1S/C12H17ClN2O2/c1-3-10(14-2)6-4-9-5-7-11(15(16)17)8-12(9)13/h5,7-8,10,14H,3-4,6H2,1-2H3. The van der Waals surface area contributed by atoms with Gasteiger partial charge in [0.25, 0.3) is 5.69 Å². The van der Waals surface area contributed by atoms with Gasteiger partial charge in [-0.2, -0.15) is 0 Å². The topological polar surface area (TPSA) is 55.2 Å². The Kier molecular flexibility index (Phi) is 5.38. The first-order valence-corrected chi connectivity index (χ1v) is 6.06. The molecule has 0 amide bonds. The second-order valence-electron chi connectivity index (χ2n) is 3.97. The molecule has 0 saturated heterocycles. The Hall–Kier alpha value is -1.13. The average Bonchev–Trinajstić information content (AvgIpc) is 2.31. The van der Waals surface area contributed by atoms with E-state index in [-0.39, 0.29) is 5.69 Å². The number of nitrogens with zero attached hydrogens (tertiary/aromatic N) is 1. The van der Waals surface area contributed by atoms with Gasteiger partial charge in [-0.1, -0.05) is 24.6 Å². The molecule has 0 aliphatic carbocycles. The molecule has 0 aromatic heterocycles. The third-order valence-corrected chi connectivity index (χ3v) is 3.26. The van der Waals surface area contributed by atoms with E-state index in [1.165, 1.54) is 12.1 Å². The van der Waals surface area contributed by atoms with Crippen molar-refractivity contribution in [1.29, 1.82) is 0 Å². The summed E-state index contributed by atoms with van der Waals surface area (Å²) >= 11 is 6.02. The van der Waals surface area contributed by atoms with Crippen LogP contribution in [0.4, 0.5) is 5.69 Å². The minimum absolute atomic E-state index is 0.0411. The molecule has 1 atom stereocenters. The molecule has 1 unspecified atom stereocenters. The molecule has 1 rings (SSSR count). The van der Waals surface area contributed by atoms with Gasteiger partial charge in [-0.25, -0.2) is 0 Å². The zero-order chi connectivity index (χ0) is 12.8. The molecule has 0 spiro atoms. The number of benzene rings is 1. The molecule has 0 bridgehead atoms.